The summed E-state index contributed by atoms with van der Waals surface area (Å²) in [6, 6.07) is 5.83. The molecule has 0 saturated carbocycles. The number of nitrogens with zero attached hydrogens (tertiary/aromatic N) is 3. The van der Waals surface area contributed by atoms with Gasteiger partial charge in [0.25, 0.3) is 5.91 Å². The van der Waals surface area contributed by atoms with Crippen molar-refractivity contribution >= 4 is 17.2 Å². The van der Waals surface area contributed by atoms with E-state index in [9.17, 15) is 18.0 Å². The van der Waals surface area contributed by atoms with Crippen LogP contribution in [0.1, 0.15) is 39.5 Å². The predicted octanol–water partition coefficient (Wildman–Crippen LogP) is 4.15. The van der Waals surface area contributed by atoms with E-state index >= 15 is 0 Å². The lowest BCUT2D eigenvalue weighted by Crippen LogP contribution is -2.26. The Bertz CT molecular complexity index is 901. The van der Waals surface area contributed by atoms with Gasteiger partial charge in [-0.3, -0.25) is 4.79 Å². The third kappa shape index (κ3) is 3.62. The van der Waals surface area contributed by atoms with Crippen LogP contribution in [0.5, 0.6) is 0 Å². The summed E-state index contributed by atoms with van der Waals surface area (Å²) in [5, 5.41) is 8.89. The van der Waals surface area contributed by atoms with Gasteiger partial charge in [0.05, 0.1) is 29.1 Å². The van der Waals surface area contributed by atoms with Crippen LogP contribution in [0.4, 0.5) is 13.2 Å². The van der Waals surface area contributed by atoms with Crippen LogP contribution >= 0.6 is 11.3 Å². The number of halogens is 3. The summed E-state index contributed by atoms with van der Waals surface area (Å²) in [5.74, 6) is -0.0950. The van der Waals surface area contributed by atoms with Gasteiger partial charge in [0, 0.05) is 11.1 Å². The number of carbonyl (C=O) groups excluding carboxylic acids is 1. The molecule has 0 aliphatic rings. The third-order valence-electron chi connectivity index (χ3n) is 3.86. The Morgan fingerprint density at radius 1 is 1.27 bits per heavy atom. The van der Waals surface area contributed by atoms with Crippen molar-refractivity contribution in [1.29, 1.82) is 0 Å². The van der Waals surface area contributed by atoms with Gasteiger partial charge >= 0.3 is 6.18 Å². The Hall–Kier alpha value is -2.68. The van der Waals surface area contributed by atoms with E-state index in [0.29, 0.717) is 11.3 Å². The average molecular weight is 380 g/mol. The minimum Gasteiger partial charge on any atom is -0.345 e. The van der Waals surface area contributed by atoms with Crippen LogP contribution in [0.3, 0.4) is 0 Å². The standard InChI is InChI=1S/C17H15F3N4OS/c1-10(14-4-3-7-26-14)23-16(25)13-9-22-24(11(13)2)15-6-5-12(8-21-15)17(18,19)20/h3-10H,1-2H3,(H,23,25). The Labute approximate surface area is 151 Å². The number of amides is 1. The van der Waals surface area contributed by atoms with Crippen LogP contribution in [0.15, 0.2) is 42.0 Å². The Balaban J connectivity index is 1.80. The molecule has 9 heteroatoms. The number of aromatic nitrogens is 3. The lowest BCUT2D eigenvalue weighted by molar-refractivity contribution is -0.137. The van der Waals surface area contributed by atoms with Crippen molar-refractivity contribution in [1.82, 2.24) is 20.1 Å². The van der Waals surface area contributed by atoms with Gasteiger partial charge in [-0.15, -0.1) is 11.3 Å². The highest BCUT2D eigenvalue weighted by molar-refractivity contribution is 7.10. The van der Waals surface area contributed by atoms with Crippen LogP contribution < -0.4 is 5.32 Å². The highest BCUT2D eigenvalue weighted by Gasteiger charge is 2.30. The molecule has 3 rings (SSSR count). The van der Waals surface area contributed by atoms with Crippen LogP contribution in [0.25, 0.3) is 5.82 Å². The van der Waals surface area contributed by atoms with E-state index < -0.39 is 11.7 Å². The maximum absolute atomic E-state index is 12.6. The number of rotatable bonds is 4. The molecule has 3 aromatic rings. The summed E-state index contributed by atoms with van der Waals surface area (Å²) < 4.78 is 39.2. The quantitative estimate of drug-likeness (QED) is 0.740. The van der Waals surface area contributed by atoms with Crippen molar-refractivity contribution < 1.29 is 18.0 Å². The molecule has 3 aromatic heterocycles. The van der Waals surface area contributed by atoms with Crippen molar-refractivity contribution in [2.24, 2.45) is 0 Å². The molecule has 0 bridgehead atoms. The minimum absolute atomic E-state index is 0.158. The van der Waals surface area contributed by atoms with Gasteiger partial charge < -0.3 is 5.32 Å². The highest BCUT2D eigenvalue weighted by atomic mass is 32.1. The van der Waals surface area contributed by atoms with Crippen molar-refractivity contribution in [3.05, 3.63) is 63.7 Å². The molecular formula is C17H15F3N4OS. The number of pyridine rings is 1. The number of carbonyl (C=O) groups is 1. The Kier molecular flexibility index (Phi) is 4.82. The molecule has 1 atom stereocenters. The fourth-order valence-electron chi connectivity index (χ4n) is 2.43. The topological polar surface area (TPSA) is 59.8 Å². The highest BCUT2D eigenvalue weighted by Crippen LogP contribution is 2.29. The first-order valence-corrected chi connectivity index (χ1v) is 8.58. The van der Waals surface area contributed by atoms with Gasteiger partial charge in [-0.2, -0.15) is 18.3 Å². The van der Waals surface area contributed by atoms with Crippen LogP contribution in [0.2, 0.25) is 0 Å². The molecule has 5 nitrogen and oxygen atoms in total. The van der Waals surface area contributed by atoms with Crippen LogP contribution in [0, 0.1) is 6.92 Å². The summed E-state index contributed by atoms with van der Waals surface area (Å²) in [6.45, 7) is 3.54. The second kappa shape index (κ2) is 6.91. The van der Waals surface area contributed by atoms with E-state index in [1.54, 1.807) is 18.3 Å². The van der Waals surface area contributed by atoms with Gasteiger partial charge in [0.2, 0.25) is 0 Å². The van der Waals surface area contributed by atoms with Gasteiger partial charge in [-0.25, -0.2) is 9.67 Å². The van der Waals surface area contributed by atoms with E-state index in [1.807, 2.05) is 24.4 Å². The number of hydrogen-bond donors (Lipinski definition) is 1. The normalized spacial score (nSPS) is 12.8. The molecule has 0 radical (unpaired) electrons. The number of nitrogens with one attached hydrogen (secondary N) is 1. The molecule has 1 unspecified atom stereocenters. The first-order chi connectivity index (χ1) is 12.3. The van der Waals surface area contributed by atoms with Crippen molar-refractivity contribution in [3.63, 3.8) is 0 Å². The third-order valence-corrected chi connectivity index (χ3v) is 4.92. The fraction of sp³-hybridized carbons (Fsp3) is 0.235. The molecule has 0 saturated heterocycles. The zero-order chi connectivity index (χ0) is 18.9. The van der Waals surface area contributed by atoms with E-state index in [0.717, 1.165) is 17.1 Å². The van der Waals surface area contributed by atoms with Gasteiger partial charge in [-0.05, 0) is 37.4 Å². The van der Waals surface area contributed by atoms with Gasteiger partial charge in [-0.1, -0.05) is 6.07 Å². The largest absolute Gasteiger partial charge is 0.417 e. The van der Waals surface area contributed by atoms with Gasteiger partial charge in [0.1, 0.15) is 0 Å². The molecule has 136 valence electrons. The number of alkyl halides is 3. The molecule has 1 amide bonds. The molecule has 26 heavy (non-hydrogen) atoms. The second-order valence-corrected chi connectivity index (χ2v) is 6.65. The monoisotopic (exact) mass is 380 g/mol. The van der Waals surface area contributed by atoms with E-state index in [1.165, 1.54) is 16.9 Å². The lowest BCUT2D eigenvalue weighted by atomic mass is 10.2. The zero-order valence-electron chi connectivity index (χ0n) is 13.9. The smallest absolute Gasteiger partial charge is 0.345 e. The molecule has 0 aliphatic heterocycles. The lowest BCUT2D eigenvalue weighted by Gasteiger charge is -2.12. The summed E-state index contributed by atoms with van der Waals surface area (Å²) in [5.41, 5.74) is -0.00274. The number of thiophene rings is 1. The van der Waals surface area contributed by atoms with E-state index in [-0.39, 0.29) is 17.8 Å². The van der Waals surface area contributed by atoms with E-state index in [2.05, 4.69) is 15.4 Å². The van der Waals surface area contributed by atoms with Crippen LogP contribution in [-0.2, 0) is 6.18 Å². The molecule has 0 spiro atoms. The maximum Gasteiger partial charge on any atom is 0.417 e. The molecule has 0 aromatic carbocycles. The summed E-state index contributed by atoms with van der Waals surface area (Å²) >= 11 is 1.54. The molecule has 1 N–H and O–H groups in total. The summed E-state index contributed by atoms with van der Waals surface area (Å²) in [6.07, 6.45) is -2.33. The Morgan fingerprint density at radius 2 is 2.04 bits per heavy atom. The first kappa shape index (κ1) is 18.1. The minimum atomic E-state index is -4.45. The summed E-state index contributed by atoms with van der Waals surface area (Å²) in [4.78, 5) is 17.3. The van der Waals surface area contributed by atoms with Crippen molar-refractivity contribution in [2.75, 3.05) is 0 Å². The molecule has 0 fully saturated rings. The maximum atomic E-state index is 12.6. The SMILES string of the molecule is Cc1c(C(=O)NC(C)c2cccs2)cnn1-c1ccc(C(F)(F)F)cn1. The van der Waals surface area contributed by atoms with E-state index in [4.69, 9.17) is 0 Å². The molecular weight excluding hydrogens is 365 g/mol. The first-order valence-electron chi connectivity index (χ1n) is 7.70. The zero-order valence-corrected chi connectivity index (χ0v) is 14.7. The van der Waals surface area contributed by atoms with Crippen molar-refractivity contribution in [3.8, 4) is 5.82 Å². The summed E-state index contributed by atoms with van der Waals surface area (Å²) in [7, 11) is 0. The van der Waals surface area contributed by atoms with Crippen molar-refractivity contribution in [2.45, 2.75) is 26.1 Å². The Morgan fingerprint density at radius 3 is 2.62 bits per heavy atom. The predicted molar refractivity (Wildman–Crippen MR) is 91.3 cm³/mol. The fourth-order valence-corrected chi connectivity index (χ4v) is 3.16. The second-order valence-electron chi connectivity index (χ2n) is 5.67. The van der Waals surface area contributed by atoms with Crippen LogP contribution in [-0.4, -0.2) is 20.7 Å². The average Bonchev–Trinajstić information content (AvgIpc) is 3.24. The molecule has 3 heterocycles. The van der Waals surface area contributed by atoms with Gasteiger partial charge in [0.15, 0.2) is 5.82 Å². The number of hydrogen-bond acceptors (Lipinski definition) is 4. The molecule has 0 aliphatic carbocycles.